The van der Waals surface area contributed by atoms with Crippen LogP contribution < -0.4 is 0 Å². The van der Waals surface area contributed by atoms with Gasteiger partial charge < -0.3 is 5.11 Å². The van der Waals surface area contributed by atoms with Crippen molar-refractivity contribution in [1.29, 1.82) is 0 Å². The Hall–Kier alpha value is -1.11. The molecule has 1 N–H and O–H groups in total. The van der Waals surface area contributed by atoms with E-state index in [4.69, 9.17) is 0 Å². The quantitative estimate of drug-likeness (QED) is 0.920. The number of hydrogen-bond donors (Lipinski definition) is 1. The number of hydrogen-bond acceptors (Lipinski definition) is 3. The molecule has 1 heterocycles. The Morgan fingerprint density at radius 1 is 1.00 bits per heavy atom. The molecule has 1 saturated heterocycles. The third kappa shape index (κ3) is 6.12. The van der Waals surface area contributed by atoms with E-state index in [0.29, 0.717) is 32.6 Å². The second kappa shape index (κ2) is 7.64. The first-order valence-corrected chi connectivity index (χ1v) is 8.01. The summed E-state index contributed by atoms with van der Waals surface area (Å²) in [6, 6.07) is 5.98. The van der Waals surface area contributed by atoms with Gasteiger partial charge >= 0.3 is 6.18 Å². The van der Waals surface area contributed by atoms with Crippen LogP contribution >= 0.6 is 0 Å². The van der Waals surface area contributed by atoms with Gasteiger partial charge in [0.05, 0.1) is 12.6 Å². The number of nitrogens with zero attached hydrogens (tertiary/aromatic N) is 2. The fourth-order valence-corrected chi connectivity index (χ4v) is 3.17. The standard InChI is InChI=1S/C17H25F3N2O/c1-13-8-14(2)10-15(9-13)16(23)11-21-4-3-5-22(7-6-21)12-17(18,19)20/h8-10,16,23H,3-7,11-12H2,1-2H3. The Labute approximate surface area is 135 Å². The largest absolute Gasteiger partial charge is 0.401 e. The van der Waals surface area contributed by atoms with Crippen LogP contribution in [0.1, 0.15) is 29.2 Å². The summed E-state index contributed by atoms with van der Waals surface area (Å²) in [7, 11) is 0. The highest BCUT2D eigenvalue weighted by Crippen LogP contribution is 2.20. The van der Waals surface area contributed by atoms with Gasteiger partial charge in [-0.1, -0.05) is 29.3 Å². The number of benzene rings is 1. The number of aliphatic hydroxyl groups is 1. The van der Waals surface area contributed by atoms with Gasteiger partial charge in [-0.3, -0.25) is 9.80 Å². The van der Waals surface area contributed by atoms with Gasteiger partial charge in [-0.15, -0.1) is 0 Å². The van der Waals surface area contributed by atoms with Gasteiger partial charge in [0.2, 0.25) is 0 Å². The SMILES string of the molecule is Cc1cc(C)cc(C(O)CN2CCCN(CC(F)(F)F)CC2)c1. The highest BCUT2D eigenvalue weighted by molar-refractivity contribution is 5.30. The summed E-state index contributed by atoms with van der Waals surface area (Å²) in [4.78, 5) is 3.50. The van der Waals surface area contributed by atoms with Crippen LogP contribution in [0.5, 0.6) is 0 Å². The molecule has 1 fully saturated rings. The van der Waals surface area contributed by atoms with Crippen molar-refractivity contribution >= 4 is 0 Å². The van der Waals surface area contributed by atoms with Crippen molar-refractivity contribution in [3.05, 3.63) is 34.9 Å². The highest BCUT2D eigenvalue weighted by atomic mass is 19.4. The summed E-state index contributed by atoms with van der Waals surface area (Å²) in [5.41, 5.74) is 3.08. The molecule has 0 spiro atoms. The zero-order valence-electron chi connectivity index (χ0n) is 13.7. The zero-order chi connectivity index (χ0) is 17.0. The summed E-state index contributed by atoms with van der Waals surface area (Å²) in [6.45, 7) is 5.71. The first-order valence-electron chi connectivity index (χ1n) is 8.01. The van der Waals surface area contributed by atoms with E-state index in [1.807, 2.05) is 26.0 Å². The molecule has 0 bridgehead atoms. The molecule has 0 radical (unpaired) electrons. The monoisotopic (exact) mass is 330 g/mol. The van der Waals surface area contributed by atoms with Gasteiger partial charge in [0.1, 0.15) is 0 Å². The van der Waals surface area contributed by atoms with Gasteiger partial charge in [0, 0.05) is 19.6 Å². The van der Waals surface area contributed by atoms with Crippen molar-refractivity contribution in [2.24, 2.45) is 0 Å². The molecule has 1 aromatic rings. The van der Waals surface area contributed by atoms with E-state index < -0.39 is 18.8 Å². The van der Waals surface area contributed by atoms with Gasteiger partial charge in [0.25, 0.3) is 0 Å². The number of β-amino-alcohol motifs (C(OH)–C–C–N with tert-alkyl or cyclic N) is 1. The van der Waals surface area contributed by atoms with Crippen LogP contribution in [0.15, 0.2) is 18.2 Å². The van der Waals surface area contributed by atoms with E-state index in [1.54, 1.807) is 0 Å². The summed E-state index contributed by atoms with van der Waals surface area (Å²) in [6.07, 6.45) is -4.06. The summed E-state index contributed by atoms with van der Waals surface area (Å²) in [5, 5.41) is 10.4. The summed E-state index contributed by atoms with van der Waals surface area (Å²) >= 11 is 0. The second-order valence-electron chi connectivity index (χ2n) is 6.48. The number of halogens is 3. The minimum atomic E-state index is -4.15. The number of aliphatic hydroxyl groups excluding tert-OH is 1. The van der Waals surface area contributed by atoms with Crippen molar-refractivity contribution in [2.45, 2.75) is 32.5 Å². The number of alkyl halides is 3. The normalized spacial score (nSPS) is 19.6. The van der Waals surface area contributed by atoms with Crippen LogP contribution in [0, 0.1) is 13.8 Å². The Bertz CT molecular complexity index is 499. The predicted octanol–water partition coefficient (Wildman–Crippen LogP) is 2.91. The molecular formula is C17H25F3N2O. The van der Waals surface area contributed by atoms with Gasteiger partial charge in [-0.2, -0.15) is 13.2 Å². The lowest BCUT2D eigenvalue weighted by Crippen LogP contribution is -2.37. The summed E-state index contributed by atoms with van der Waals surface area (Å²) in [5.74, 6) is 0. The van der Waals surface area contributed by atoms with E-state index in [1.165, 1.54) is 4.90 Å². The van der Waals surface area contributed by atoms with Crippen LogP contribution in [-0.2, 0) is 0 Å². The lowest BCUT2D eigenvalue weighted by atomic mass is 10.0. The molecule has 0 amide bonds. The van der Waals surface area contributed by atoms with Crippen LogP contribution in [-0.4, -0.2) is 60.4 Å². The highest BCUT2D eigenvalue weighted by Gasteiger charge is 2.31. The molecule has 6 heteroatoms. The van der Waals surface area contributed by atoms with E-state index in [2.05, 4.69) is 11.0 Å². The van der Waals surface area contributed by atoms with Crippen molar-refractivity contribution in [1.82, 2.24) is 9.80 Å². The molecule has 23 heavy (non-hydrogen) atoms. The van der Waals surface area contributed by atoms with Crippen LogP contribution in [0.3, 0.4) is 0 Å². The number of rotatable bonds is 4. The Balaban J connectivity index is 1.90. The lowest BCUT2D eigenvalue weighted by molar-refractivity contribution is -0.145. The van der Waals surface area contributed by atoms with Crippen molar-refractivity contribution in [3.63, 3.8) is 0 Å². The maximum atomic E-state index is 12.5. The molecule has 1 aliphatic rings. The van der Waals surface area contributed by atoms with Crippen molar-refractivity contribution < 1.29 is 18.3 Å². The van der Waals surface area contributed by atoms with Gasteiger partial charge in [-0.05, 0) is 38.9 Å². The minimum Gasteiger partial charge on any atom is -0.387 e. The van der Waals surface area contributed by atoms with E-state index in [0.717, 1.165) is 23.2 Å². The number of aryl methyl sites for hydroxylation is 2. The van der Waals surface area contributed by atoms with E-state index in [-0.39, 0.29) is 0 Å². The molecule has 0 aromatic heterocycles. The molecule has 1 aromatic carbocycles. The first kappa shape index (κ1) is 18.2. The molecule has 0 saturated carbocycles. The van der Waals surface area contributed by atoms with E-state index in [9.17, 15) is 18.3 Å². The molecule has 1 atom stereocenters. The average molecular weight is 330 g/mol. The Morgan fingerprint density at radius 3 is 2.17 bits per heavy atom. The maximum Gasteiger partial charge on any atom is 0.401 e. The molecular weight excluding hydrogens is 305 g/mol. The van der Waals surface area contributed by atoms with Crippen LogP contribution in [0.4, 0.5) is 13.2 Å². The first-order chi connectivity index (χ1) is 10.7. The molecule has 2 rings (SSSR count). The second-order valence-corrected chi connectivity index (χ2v) is 6.48. The zero-order valence-corrected chi connectivity index (χ0v) is 13.7. The van der Waals surface area contributed by atoms with Crippen LogP contribution in [0.2, 0.25) is 0 Å². The maximum absolute atomic E-state index is 12.5. The molecule has 0 aliphatic carbocycles. The molecule has 130 valence electrons. The van der Waals surface area contributed by atoms with Crippen molar-refractivity contribution in [3.8, 4) is 0 Å². The summed E-state index contributed by atoms with van der Waals surface area (Å²) < 4.78 is 37.4. The van der Waals surface area contributed by atoms with Gasteiger partial charge in [-0.25, -0.2) is 0 Å². The molecule has 1 aliphatic heterocycles. The third-order valence-corrected chi connectivity index (χ3v) is 4.14. The average Bonchev–Trinajstić information content (AvgIpc) is 2.61. The molecule has 1 unspecified atom stereocenters. The topological polar surface area (TPSA) is 26.7 Å². The van der Waals surface area contributed by atoms with Crippen molar-refractivity contribution in [2.75, 3.05) is 39.3 Å². The third-order valence-electron chi connectivity index (χ3n) is 4.14. The van der Waals surface area contributed by atoms with Crippen LogP contribution in [0.25, 0.3) is 0 Å². The Morgan fingerprint density at radius 2 is 1.57 bits per heavy atom. The fourth-order valence-electron chi connectivity index (χ4n) is 3.17. The molecule has 3 nitrogen and oxygen atoms in total. The smallest absolute Gasteiger partial charge is 0.387 e. The Kier molecular flexibility index (Phi) is 6.06. The van der Waals surface area contributed by atoms with E-state index >= 15 is 0 Å². The fraction of sp³-hybridized carbons (Fsp3) is 0.647. The predicted molar refractivity (Wildman–Crippen MR) is 84.4 cm³/mol. The lowest BCUT2D eigenvalue weighted by Gasteiger charge is -2.25. The van der Waals surface area contributed by atoms with Gasteiger partial charge in [0.15, 0.2) is 0 Å². The minimum absolute atomic E-state index is 0.388.